The van der Waals surface area contributed by atoms with Crippen molar-refractivity contribution in [1.82, 2.24) is 10.6 Å². The number of halogens is 2. The Balaban J connectivity index is 1.90. The lowest BCUT2D eigenvalue weighted by atomic mass is 9.97. The average molecular weight is 268 g/mol. The van der Waals surface area contributed by atoms with Crippen LogP contribution in [0.5, 0.6) is 0 Å². The summed E-state index contributed by atoms with van der Waals surface area (Å²) in [6.07, 6.45) is 0.863. The van der Waals surface area contributed by atoms with Crippen molar-refractivity contribution in [3.63, 3.8) is 0 Å². The smallest absolute Gasteiger partial charge is 0.224 e. The third kappa shape index (κ3) is 3.99. The van der Waals surface area contributed by atoms with E-state index in [0.717, 1.165) is 31.6 Å². The van der Waals surface area contributed by atoms with E-state index in [1.807, 2.05) is 0 Å². The predicted molar refractivity (Wildman–Crippen MR) is 68.6 cm³/mol. The van der Waals surface area contributed by atoms with Crippen LogP contribution in [0.2, 0.25) is 0 Å². The molecule has 0 aliphatic carbocycles. The Morgan fingerprint density at radius 1 is 1.42 bits per heavy atom. The second-order valence-corrected chi connectivity index (χ2v) is 5.18. The molecule has 104 valence electrons. The van der Waals surface area contributed by atoms with Crippen molar-refractivity contribution < 1.29 is 13.6 Å². The number of piperidine rings is 1. The van der Waals surface area contributed by atoms with E-state index in [1.165, 1.54) is 6.07 Å². The summed E-state index contributed by atoms with van der Waals surface area (Å²) in [7, 11) is 0. The molecule has 0 spiro atoms. The molecular formula is C14H18F2N2O. The molecule has 1 saturated heterocycles. The fraction of sp³-hybridized carbons (Fsp3) is 0.500. The van der Waals surface area contributed by atoms with Crippen LogP contribution in [0.1, 0.15) is 18.9 Å². The van der Waals surface area contributed by atoms with Gasteiger partial charge in [-0.3, -0.25) is 4.79 Å². The summed E-state index contributed by atoms with van der Waals surface area (Å²) in [5.41, 5.74) is 0.218. The van der Waals surface area contributed by atoms with Gasteiger partial charge in [0.05, 0.1) is 6.42 Å². The summed E-state index contributed by atoms with van der Waals surface area (Å²) in [4.78, 5) is 11.8. The Labute approximate surface area is 111 Å². The zero-order valence-corrected chi connectivity index (χ0v) is 10.9. The molecule has 1 aromatic rings. The van der Waals surface area contributed by atoms with Crippen LogP contribution >= 0.6 is 0 Å². The van der Waals surface area contributed by atoms with Crippen molar-refractivity contribution in [3.8, 4) is 0 Å². The third-order valence-corrected chi connectivity index (χ3v) is 3.30. The van der Waals surface area contributed by atoms with Crippen molar-refractivity contribution in [2.75, 3.05) is 13.1 Å². The molecule has 1 amide bonds. The van der Waals surface area contributed by atoms with Crippen LogP contribution in [0.3, 0.4) is 0 Å². The first-order valence-electron chi connectivity index (χ1n) is 6.48. The van der Waals surface area contributed by atoms with Gasteiger partial charge in [-0.15, -0.1) is 0 Å². The number of rotatable bonds is 3. The minimum absolute atomic E-state index is 0.0585. The molecule has 0 aromatic heterocycles. The summed E-state index contributed by atoms with van der Waals surface area (Å²) in [6, 6.07) is 3.36. The standard InChI is InChI=1S/C14H18F2N2O/c1-9-4-12(8-17-7-9)18-14(19)5-10-2-3-11(15)6-13(10)16/h2-3,6,9,12,17H,4-5,7-8H2,1H3,(H,18,19). The summed E-state index contributed by atoms with van der Waals surface area (Å²) < 4.78 is 26.2. The van der Waals surface area contributed by atoms with E-state index >= 15 is 0 Å². The molecule has 5 heteroatoms. The highest BCUT2D eigenvalue weighted by atomic mass is 19.1. The Morgan fingerprint density at radius 2 is 2.21 bits per heavy atom. The molecule has 2 N–H and O–H groups in total. The lowest BCUT2D eigenvalue weighted by Crippen LogP contribution is -2.48. The molecule has 2 atom stereocenters. The van der Waals surface area contributed by atoms with Crippen LogP contribution in [-0.4, -0.2) is 25.0 Å². The van der Waals surface area contributed by atoms with Crippen LogP contribution < -0.4 is 10.6 Å². The topological polar surface area (TPSA) is 41.1 Å². The SMILES string of the molecule is CC1CNCC(NC(=O)Cc2ccc(F)cc2F)C1. The fourth-order valence-electron chi connectivity index (χ4n) is 2.38. The molecule has 1 aromatic carbocycles. The summed E-state index contributed by atoms with van der Waals surface area (Å²) in [6.45, 7) is 3.81. The number of amides is 1. The van der Waals surface area contributed by atoms with Crippen LogP contribution in [0, 0.1) is 17.6 Å². The highest BCUT2D eigenvalue weighted by Crippen LogP contribution is 2.12. The lowest BCUT2D eigenvalue weighted by Gasteiger charge is -2.28. The molecule has 0 radical (unpaired) electrons. The van der Waals surface area contributed by atoms with Gasteiger partial charge in [0.15, 0.2) is 0 Å². The fourth-order valence-corrected chi connectivity index (χ4v) is 2.38. The van der Waals surface area contributed by atoms with Gasteiger partial charge in [-0.1, -0.05) is 13.0 Å². The van der Waals surface area contributed by atoms with Gasteiger partial charge in [-0.2, -0.15) is 0 Å². The van der Waals surface area contributed by atoms with Gasteiger partial charge in [0, 0.05) is 18.7 Å². The Bertz CT molecular complexity index is 465. The first-order valence-corrected chi connectivity index (χ1v) is 6.48. The first-order chi connectivity index (χ1) is 9.04. The maximum atomic E-state index is 13.4. The normalized spacial score (nSPS) is 23.1. The van der Waals surface area contributed by atoms with Gasteiger partial charge in [-0.05, 0) is 30.5 Å². The van der Waals surface area contributed by atoms with E-state index in [-0.39, 0.29) is 23.9 Å². The van der Waals surface area contributed by atoms with E-state index in [2.05, 4.69) is 17.6 Å². The number of benzene rings is 1. The second kappa shape index (κ2) is 6.10. The number of carbonyl (C=O) groups excluding carboxylic acids is 1. The van der Waals surface area contributed by atoms with Crippen LogP contribution in [-0.2, 0) is 11.2 Å². The Morgan fingerprint density at radius 3 is 2.89 bits per heavy atom. The molecular weight excluding hydrogens is 250 g/mol. The van der Waals surface area contributed by atoms with Crippen molar-refractivity contribution in [2.45, 2.75) is 25.8 Å². The van der Waals surface area contributed by atoms with E-state index in [1.54, 1.807) is 0 Å². The average Bonchev–Trinajstić information content (AvgIpc) is 2.33. The maximum absolute atomic E-state index is 13.4. The largest absolute Gasteiger partial charge is 0.352 e. The van der Waals surface area contributed by atoms with Crippen LogP contribution in [0.4, 0.5) is 8.78 Å². The monoisotopic (exact) mass is 268 g/mol. The van der Waals surface area contributed by atoms with Gasteiger partial charge < -0.3 is 10.6 Å². The minimum atomic E-state index is -0.676. The summed E-state index contributed by atoms with van der Waals surface area (Å²) in [5, 5.41) is 6.11. The molecule has 1 aliphatic rings. The van der Waals surface area contributed by atoms with Crippen molar-refractivity contribution in [1.29, 1.82) is 0 Å². The summed E-state index contributed by atoms with van der Waals surface area (Å²) in [5.74, 6) is -1.02. The van der Waals surface area contributed by atoms with Gasteiger partial charge in [0.1, 0.15) is 11.6 Å². The van der Waals surface area contributed by atoms with E-state index in [4.69, 9.17) is 0 Å². The predicted octanol–water partition coefficient (Wildman–Crippen LogP) is 1.62. The minimum Gasteiger partial charge on any atom is -0.352 e. The highest BCUT2D eigenvalue weighted by molar-refractivity contribution is 5.78. The highest BCUT2D eigenvalue weighted by Gasteiger charge is 2.20. The van der Waals surface area contributed by atoms with Crippen LogP contribution in [0.25, 0.3) is 0 Å². The quantitative estimate of drug-likeness (QED) is 0.874. The number of nitrogens with one attached hydrogen (secondary N) is 2. The molecule has 0 bridgehead atoms. The molecule has 1 aliphatic heterocycles. The third-order valence-electron chi connectivity index (χ3n) is 3.30. The zero-order chi connectivity index (χ0) is 13.8. The van der Waals surface area contributed by atoms with Crippen LogP contribution in [0.15, 0.2) is 18.2 Å². The first kappa shape index (κ1) is 13.9. The van der Waals surface area contributed by atoms with Crippen molar-refractivity contribution in [3.05, 3.63) is 35.4 Å². The molecule has 19 heavy (non-hydrogen) atoms. The number of hydrogen-bond acceptors (Lipinski definition) is 2. The maximum Gasteiger partial charge on any atom is 0.224 e. The van der Waals surface area contributed by atoms with E-state index in [0.29, 0.717) is 5.92 Å². The Kier molecular flexibility index (Phi) is 4.47. The van der Waals surface area contributed by atoms with Crippen molar-refractivity contribution in [2.24, 2.45) is 5.92 Å². The molecule has 1 heterocycles. The molecule has 3 nitrogen and oxygen atoms in total. The number of carbonyl (C=O) groups is 1. The van der Waals surface area contributed by atoms with Gasteiger partial charge >= 0.3 is 0 Å². The molecule has 1 fully saturated rings. The van der Waals surface area contributed by atoms with E-state index < -0.39 is 11.6 Å². The van der Waals surface area contributed by atoms with Crippen molar-refractivity contribution >= 4 is 5.91 Å². The van der Waals surface area contributed by atoms with Gasteiger partial charge in [0.2, 0.25) is 5.91 Å². The molecule has 2 unspecified atom stereocenters. The number of hydrogen-bond donors (Lipinski definition) is 2. The van der Waals surface area contributed by atoms with Gasteiger partial charge in [-0.25, -0.2) is 8.78 Å². The lowest BCUT2D eigenvalue weighted by molar-refractivity contribution is -0.121. The van der Waals surface area contributed by atoms with Gasteiger partial charge in [0.25, 0.3) is 0 Å². The van der Waals surface area contributed by atoms with E-state index in [9.17, 15) is 13.6 Å². The molecule has 0 saturated carbocycles. The summed E-state index contributed by atoms with van der Waals surface area (Å²) >= 11 is 0. The Hall–Kier alpha value is -1.49. The zero-order valence-electron chi connectivity index (χ0n) is 10.9. The second-order valence-electron chi connectivity index (χ2n) is 5.18. The molecule has 2 rings (SSSR count).